The summed E-state index contributed by atoms with van der Waals surface area (Å²) in [5.41, 5.74) is -0.0429. The number of amides is 1. The van der Waals surface area contributed by atoms with Gasteiger partial charge >= 0.3 is 6.18 Å². The van der Waals surface area contributed by atoms with Crippen molar-refractivity contribution in [3.05, 3.63) is 57.2 Å². The number of alkyl halides is 3. The van der Waals surface area contributed by atoms with E-state index < -0.39 is 11.7 Å². The van der Waals surface area contributed by atoms with Crippen LogP contribution in [-0.4, -0.2) is 42.0 Å². The number of halogens is 4. The number of carbonyl (C=O) groups excluding carboxylic acids is 1. The van der Waals surface area contributed by atoms with E-state index in [1.165, 1.54) is 17.4 Å². The lowest BCUT2D eigenvalue weighted by molar-refractivity contribution is -0.136. The second-order valence-electron chi connectivity index (χ2n) is 6.41. The summed E-state index contributed by atoms with van der Waals surface area (Å²) in [6.45, 7) is 2.09. The Morgan fingerprint density at radius 3 is 2.43 bits per heavy atom. The average Bonchev–Trinajstić information content (AvgIpc) is 3.11. The Labute approximate surface area is 177 Å². The molecule has 1 aromatic heterocycles. The van der Waals surface area contributed by atoms with Gasteiger partial charge in [-0.3, -0.25) is 4.79 Å². The third-order valence-corrected chi connectivity index (χ3v) is 6.68. The van der Waals surface area contributed by atoms with Crippen LogP contribution in [0, 0.1) is 3.57 Å². The Kier molecular flexibility index (Phi) is 5.21. The Morgan fingerprint density at radius 2 is 1.75 bits per heavy atom. The van der Waals surface area contributed by atoms with Crippen molar-refractivity contribution in [2.75, 3.05) is 31.1 Å². The number of piperazine rings is 1. The second-order valence-corrected chi connectivity index (χ2v) is 8.58. The van der Waals surface area contributed by atoms with Crippen molar-refractivity contribution in [1.82, 2.24) is 9.88 Å². The van der Waals surface area contributed by atoms with Crippen LogP contribution in [0.2, 0.25) is 0 Å². The lowest BCUT2D eigenvalue weighted by atomic mass is 10.2. The molecule has 0 spiro atoms. The summed E-state index contributed by atoms with van der Waals surface area (Å²) in [5, 5.41) is 0.563. The van der Waals surface area contributed by atoms with E-state index in [-0.39, 0.29) is 11.4 Å². The molecule has 1 fully saturated rings. The summed E-state index contributed by atoms with van der Waals surface area (Å²) in [7, 11) is 0. The van der Waals surface area contributed by atoms with Crippen LogP contribution >= 0.6 is 33.9 Å². The predicted molar refractivity (Wildman–Crippen MR) is 112 cm³/mol. The normalized spacial score (nSPS) is 15.3. The number of carbonyl (C=O) groups is 1. The van der Waals surface area contributed by atoms with Gasteiger partial charge in [-0.2, -0.15) is 13.2 Å². The number of anilines is 1. The molecule has 146 valence electrons. The summed E-state index contributed by atoms with van der Waals surface area (Å²) in [5.74, 6) is -0.0201. The number of thiazole rings is 1. The maximum Gasteiger partial charge on any atom is 0.418 e. The van der Waals surface area contributed by atoms with Gasteiger partial charge in [-0.1, -0.05) is 29.5 Å². The molecule has 1 aliphatic rings. The molecule has 3 aromatic rings. The summed E-state index contributed by atoms with van der Waals surface area (Å²) >= 11 is 3.40. The monoisotopic (exact) mass is 517 g/mol. The van der Waals surface area contributed by atoms with Crippen molar-refractivity contribution in [1.29, 1.82) is 0 Å². The van der Waals surface area contributed by atoms with Gasteiger partial charge in [0.2, 0.25) is 0 Å². The van der Waals surface area contributed by atoms with Crippen LogP contribution in [0.4, 0.5) is 18.3 Å². The minimum atomic E-state index is -4.43. The smallest absolute Gasteiger partial charge is 0.345 e. The zero-order valence-corrected chi connectivity index (χ0v) is 17.5. The number of hydrogen-bond donors (Lipinski definition) is 0. The fourth-order valence-corrected chi connectivity index (χ4v) is 4.87. The fourth-order valence-electron chi connectivity index (χ4n) is 3.21. The van der Waals surface area contributed by atoms with Crippen LogP contribution < -0.4 is 4.90 Å². The van der Waals surface area contributed by atoms with Gasteiger partial charge < -0.3 is 9.80 Å². The molecule has 0 atom stereocenters. The van der Waals surface area contributed by atoms with Gasteiger partial charge in [-0.25, -0.2) is 4.98 Å². The highest BCUT2D eigenvalue weighted by Crippen LogP contribution is 2.38. The number of hydrogen-bond acceptors (Lipinski definition) is 4. The van der Waals surface area contributed by atoms with Gasteiger partial charge in [-0.05, 0) is 46.9 Å². The van der Waals surface area contributed by atoms with Crippen LogP contribution in [-0.2, 0) is 6.18 Å². The highest BCUT2D eigenvalue weighted by atomic mass is 127. The van der Waals surface area contributed by atoms with E-state index in [1.807, 2.05) is 29.2 Å². The third kappa shape index (κ3) is 3.69. The first kappa shape index (κ1) is 19.4. The van der Waals surface area contributed by atoms with Gasteiger partial charge in [0.15, 0.2) is 5.13 Å². The molecular weight excluding hydrogens is 502 g/mol. The topological polar surface area (TPSA) is 36.4 Å². The average molecular weight is 517 g/mol. The van der Waals surface area contributed by atoms with Crippen molar-refractivity contribution in [2.45, 2.75) is 6.18 Å². The Balaban J connectivity index is 1.51. The highest BCUT2D eigenvalue weighted by Gasteiger charge is 2.34. The van der Waals surface area contributed by atoms with E-state index in [4.69, 9.17) is 0 Å². The van der Waals surface area contributed by atoms with E-state index >= 15 is 0 Å². The molecule has 1 saturated heterocycles. The summed E-state index contributed by atoms with van der Waals surface area (Å²) in [6.07, 6.45) is -4.43. The molecular formula is C19H15F3IN3OS. The second kappa shape index (κ2) is 7.51. The number of aromatic nitrogens is 1. The molecule has 0 radical (unpaired) electrons. The van der Waals surface area contributed by atoms with Crippen molar-refractivity contribution in [3.63, 3.8) is 0 Å². The molecule has 0 unspecified atom stereocenters. The first-order chi connectivity index (χ1) is 13.3. The summed E-state index contributed by atoms with van der Waals surface area (Å²) in [4.78, 5) is 20.7. The van der Waals surface area contributed by atoms with Crippen LogP contribution in [0.1, 0.15) is 15.9 Å². The molecule has 9 heteroatoms. The van der Waals surface area contributed by atoms with Gasteiger partial charge in [-0.15, -0.1) is 0 Å². The summed E-state index contributed by atoms with van der Waals surface area (Å²) < 4.78 is 41.0. The van der Waals surface area contributed by atoms with Crippen molar-refractivity contribution in [3.8, 4) is 0 Å². The number of fused-ring (bicyclic) bond motifs is 1. The third-order valence-electron chi connectivity index (χ3n) is 4.65. The fraction of sp³-hybridized carbons (Fsp3) is 0.263. The number of para-hydroxylation sites is 1. The quantitative estimate of drug-likeness (QED) is 0.455. The standard InChI is InChI=1S/C19H15F3IN3OS/c20-19(21,22)13-5-3-7-15-16(13)24-18(28-15)26-10-8-25(9-11-26)17(27)12-4-1-2-6-14(12)23/h1-7H,8-11H2. The Bertz CT molecular complexity index is 1030. The first-order valence-electron chi connectivity index (χ1n) is 8.60. The molecule has 0 aliphatic carbocycles. The molecule has 0 N–H and O–H groups in total. The highest BCUT2D eigenvalue weighted by molar-refractivity contribution is 14.1. The first-order valence-corrected chi connectivity index (χ1v) is 10.5. The number of rotatable bonds is 2. The van der Waals surface area contributed by atoms with E-state index in [0.717, 1.165) is 9.64 Å². The lowest BCUT2D eigenvalue weighted by Gasteiger charge is -2.34. The molecule has 2 heterocycles. The van der Waals surface area contributed by atoms with Crippen molar-refractivity contribution < 1.29 is 18.0 Å². The predicted octanol–water partition coefficient (Wildman–Crippen LogP) is 4.88. The summed E-state index contributed by atoms with van der Waals surface area (Å²) in [6, 6.07) is 11.5. The molecule has 4 rings (SSSR count). The molecule has 0 saturated carbocycles. The van der Waals surface area contributed by atoms with Gasteiger partial charge in [0, 0.05) is 29.7 Å². The Morgan fingerprint density at radius 1 is 1.04 bits per heavy atom. The minimum Gasteiger partial charge on any atom is -0.345 e. The molecule has 2 aromatic carbocycles. The zero-order chi connectivity index (χ0) is 19.9. The molecule has 4 nitrogen and oxygen atoms in total. The van der Waals surface area contributed by atoms with E-state index in [1.54, 1.807) is 11.0 Å². The van der Waals surface area contributed by atoms with Crippen LogP contribution in [0.5, 0.6) is 0 Å². The Hall–Kier alpha value is -1.88. The van der Waals surface area contributed by atoms with Gasteiger partial charge in [0.1, 0.15) is 0 Å². The van der Waals surface area contributed by atoms with Crippen molar-refractivity contribution >= 4 is 55.2 Å². The van der Waals surface area contributed by atoms with Crippen LogP contribution in [0.15, 0.2) is 42.5 Å². The minimum absolute atomic E-state index is 0.00709. The number of benzene rings is 2. The largest absolute Gasteiger partial charge is 0.418 e. The van der Waals surface area contributed by atoms with Gasteiger partial charge in [0.05, 0.1) is 21.3 Å². The number of nitrogens with zero attached hydrogens (tertiary/aromatic N) is 3. The van der Waals surface area contributed by atoms with Crippen molar-refractivity contribution in [2.24, 2.45) is 0 Å². The van der Waals surface area contributed by atoms with Crippen LogP contribution in [0.3, 0.4) is 0 Å². The maximum atomic E-state index is 13.2. The van der Waals surface area contributed by atoms with Crippen LogP contribution in [0.25, 0.3) is 10.2 Å². The zero-order valence-electron chi connectivity index (χ0n) is 14.5. The van der Waals surface area contributed by atoms with E-state index in [9.17, 15) is 18.0 Å². The van der Waals surface area contributed by atoms with E-state index in [0.29, 0.717) is 41.6 Å². The van der Waals surface area contributed by atoms with E-state index in [2.05, 4.69) is 27.6 Å². The maximum absolute atomic E-state index is 13.2. The molecule has 0 bridgehead atoms. The molecule has 1 amide bonds. The molecule has 28 heavy (non-hydrogen) atoms. The lowest BCUT2D eigenvalue weighted by Crippen LogP contribution is -2.48. The van der Waals surface area contributed by atoms with Gasteiger partial charge in [0.25, 0.3) is 5.91 Å². The molecule has 1 aliphatic heterocycles. The SMILES string of the molecule is O=C(c1ccccc1I)N1CCN(c2nc3c(C(F)(F)F)cccc3s2)CC1.